The van der Waals surface area contributed by atoms with E-state index in [0.717, 1.165) is 5.56 Å². The molecule has 108 valence electrons. The highest BCUT2D eigenvalue weighted by Crippen LogP contribution is 2.16. The molecule has 0 N–H and O–H groups in total. The third-order valence-corrected chi connectivity index (χ3v) is 4.50. The molecule has 0 unspecified atom stereocenters. The molecule has 1 aromatic carbocycles. The number of hydrogen-bond donors (Lipinski definition) is 0. The van der Waals surface area contributed by atoms with Crippen molar-refractivity contribution >= 4 is 15.8 Å². The average Bonchev–Trinajstić information content (AvgIpc) is 2.38. The van der Waals surface area contributed by atoms with Crippen LogP contribution in [0.15, 0.2) is 54.0 Å². The van der Waals surface area contributed by atoms with E-state index in [9.17, 15) is 13.2 Å². The smallest absolute Gasteiger partial charge is 0.243 e. The van der Waals surface area contributed by atoms with Crippen molar-refractivity contribution in [1.29, 1.82) is 0 Å². The quantitative estimate of drug-likeness (QED) is 0.572. The summed E-state index contributed by atoms with van der Waals surface area (Å²) < 4.78 is 26.2. The minimum Gasteiger partial charge on any atom is -0.295 e. The molecule has 0 spiro atoms. The van der Waals surface area contributed by atoms with Crippen molar-refractivity contribution in [1.82, 2.24) is 4.31 Å². The number of carbonyl (C=O) groups is 1. The van der Waals surface area contributed by atoms with E-state index in [4.69, 9.17) is 0 Å². The largest absolute Gasteiger partial charge is 0.295 e. The summed E-state index contributed by atoms with van der Waals surface area (Å²) in [6.07, 6.45) is 4.42. The number of carbonyl (C=O) groups excluding carboxylic acids is 1. The topological polar surface area (TPSA) is 54.5 Å². The van der Waals surface area contributed by atoms with Crippen molar-refractivity contribution < 1.29 is 13.2 Å². The van der Waals surface area contributed by atoms with Gasteiger partial charge in [0.05, 0.1) is 4.90 Å². The van der Waals surface area contributed by atoms with Gasteiger partial charge >= 0.3 is 0 Å². The standard InChI is InChI=1S/C15H19NO3S/c1-4-11-16(12-5-6-14(3)17)20(18,19)15-9-7-13(2)8-10-15/h4-10H,1,11-12H2,2-3H3. The third-order valence-electron chi connectivity index (χ3n) is 2.65. The minimum absolute atomic E-state index is 0.115. The van der Waals surface area contributed by atoms with Gasteiger partial charge in [0.1, 0.15) is 0 Å². The monoisotopic (exact) mass is 293 g/mol. The second kappa shape index (κ2) is 7.17. The average molecular weight is 293 g/mol. The Morgan fingerprint density at radius 2 is 1.85 bits per heavy atom. The summed E-state index contributed by atoms with van der Waals surface area (Å²) in [5.74, 6) is -0.115. The van der Waals surface area contributed by atoms with Crippen molar-refractivity contribution in [2.75, 3.05) is 13.1 Å². The van der Waals surface area contributed by atoms with Gasteiger partial charge in [-0.15, -0.1) is 6.58 Å². The van der Waals surface area contributed by atoms with E-state index in [1.807, 2.05) is 6.92 Å². The first-order chi connectivity index (χ1) is 9.37. The van der Waals surface area contributed by atoms with E-state index in [-0.39, 0.29) is 23.8 Å². The van der Waals surface area contributed by atoms with Gasteiger partial charge in [-0.05, 0) is 32.1 Å². The van der Waals surface area contributed by atoms with Crippen LogP contribution in [-0.4, -0.2) is 31.6 Å². The van der Waals surface area contributed by atoms with Crippen molar-refractivity contribution in [2.24, 2.45) is 0 Å². The number of ketones is 1. The van der Waals surface area contributed by atoms with Crippen LogP contribution >= 0.6 is 0 Å². The Bertz CT molecular complexity index is 601. The number of benzene rings is 1. The highest BCUT2D eigenvalue weighted by Gasteiger charge is 2.22. The zero-order valence-corrected chi connectivity index (χ0v) is 12.6. The van der Waals surface area contributed by atoms with Crippen LogP contribution in [0.5, 0.6) is 0 Å². The van der Waals surface area contributed by atoms with Gasteiger partial charge in [-0.25, -0.2) is 8.42 Å². The van der Waals surface area contributed by atoms with E-state index in [1.165, 1.54) is 29.5 Å². The first-order valence-corrected chi connectivity index (χ1v) is 7.66. The van der Waals surface area contributed by atoms with Crippen LogP contribution in [0, 0.1) is 6.92 Å². The zero-order chi connectivity index (χ0) is 15.2. The molecule has 20 heavy (non-hydrogen) atoms. The van der Waals surface area contributed by atoms with Crippen LogP contribution < -0.4 is 0 Å². The molecule has 1 aromatic rings. The number of hydrogen-bond acceptors (Lipinski definition) is 3. The molecule has 0 heterocycles. The first kappa shape index (κ1) is 16.3. The normalized spacial score (nSPS) is 11.9. The highest BCUT2D eigenvalue weighted by atomic mass is 32.2. The number of nitrogens with zero attached hydrogens (tertiary/aromatic N) is 1. The molecule has 4 nitrogen and oxygen atoms in total. The molecule has 0 bridgehead atoms. The second-order valence-electron chi connectivity index (χ2n) is 4.44. The SMILES string of the molecule is C=CCN(CC=CC(C)=O)S(=O)(=O)c1ccc(C)cc1. The lowest BCUT2D eigenvalue weighted by molar-refractivity contribution is -0.112. The summed E-state index contributed by atoms with van der Waals surface area (Å²) in [5, 5.41) is 0. The summed E-state index contributed by atoms with van der Waals surface area (Å²) >= 11 is 0. The van der Waals surface area contributed by atoms with Crippen molar-refractivity contribution in [3.8, 4) is 0 Å². The molecule has 0 atom stereocenters. The van der Waals surface area contributed by atoms with Crippen LogP contribution in [0.1, 0.15) is 12.5 Å². The van der Waals surface area contributed by atoms with Crippen LogP contribution in [-0.2, 0) is 14.8 Å². The molecule has 0 aliphatic rings. The third kappa shape index (κ3) is 4.43. The number of allylic oxidation sites excluding steroid dienone is 1. The Balaban J connectivity index is 3.02. The van der Waals surface area contributed by atoms with E-state index in [0.29, 0.717) is 0 Å². The fraction of sp³-hybridized carbons (Fsp3) is 0.267. The fourth-order valence-corrected chi connectivity index (χ4v) is 2.97. The second-order valence-corrected chi connectivity index (χ2v) is 6.37. The van der Waals surface area contributed by atoms with Crippen molar-refractivity contribution in [3.63, 3.8) is 0 Å². The lowest BCUT2D eigenvalue weighted by Crippen LogP contribution is -2.31. The Morgan fingerprint density at radius 3 is 2.35 bits per heavy atom. The van der Waals surface area contributed by atoms with Crippen LogP contribution in [0.3, 0.4) is 0 Å². The van der Waals surface area contributed by atoms with Gasteiger partial charge in [0.25, 0.3) is 0 Å². The van der Waals surface area contributed by atoms with Gasteiger partial charge in [-0.3, -0.25) is 4.79 Å². The summed E-state index contributed by atoms with van der Waals surface area (Å²) in [7, 11) is -3.58. The predicted molar refractivity (Wildman–Crippen MR) is 80.0 cm³/mol. The van der Waals surface area contributed by atoms with E-state index >= 15 is 0 Å². The van der Waals surface area contributed by atoms with Gasteiger partial charge in [-0.1, -0.05) is 29.8 Å². The maximum Gasteiger partial charge on any atom is 0.243 e. The molecule has 0 aromatic heterocycles. The number of sulfonamides is 1. The Kier molecular flexibility index (Phi) is 5.85. The predicted octanol–water partition coefficient (Wildman–Crippen LogP) is 2.32. The maximum absolute atomic E-state index is 12.5. The number of aryl methyl sites for hydroxylation is 1. The molecule has 0 fully saturated rings. The number of rotatable bonds is 7. The van der Waals surface area contributed by atoms with Gasteiger partial charge in [0.2, 0.25) is 10.0 Å². The molecule has 0 saturated carbocycles. The van der Waals surface area contributed by atoms with Crippen LogP contribution in [0.25, 0.3) is 0 Å². The van der Waals surface area contributed by atoms with Crippen LogP contribution in [0.2, 0.25) is 0 Å². The zero-order valence-electron chi connectivity index (χ0n) is 11.7. The van der Waals surface area contributed by atoms with E-state index < -0.39 is 10.0 Å². The van der Waals surface area contributed by atoms with Gasteiger partial charge in [-0.2, -0.15) is 4.31 Å². The molecule has 0 saturated heterocycles. The lowest BCUT2D eigenvalue weighted by Gasteiger charge is -2.19. The van der Waals surface area contributed by atoms with Crippen molar-refractivity contribution in [2.45, 2.75) is 18.7 Å². The molecule has 0 radical (unpaired) electrons. The molecule has 1 rings (SSSR count). The highest BCUT2D eigenvalue weighted by molar-refractivity contribution is 7.89. The summed E-state index contributed by atoms with van der Waals surface area (Å²) in [6.45, 7) is 7.22. The Morgan fingerprint density at radius 1 is 1.25 bits per heavy atom. The van der Waals surface area contributed by atoms with Gasteiger partial charge < -0.3 is 0 Å². The Hall–Kier alpha value is -1.72. The summed E-state index contributed by atoms with van der Waals surface area (Å²) in [6, 6.07) is 6.67. The molecule has 0 aliphatic carbocycles. The minimum atomic E-state index is -3.58. The molecule has 0 aliphatic heterocycles. The summed E-state index contributed by atoms with van der Waals surface area (Å²) in [4.78, 5) is 11.1. The molecular weight excluding hydrogens is 274 g/mol. The summed E-state index contributed by atoms with van der Waals surface area (Å²) in [5.41, 5.74) is 0.996. The van der Waals surface area contributed by atoms with E-state index in [1.54, 1.807) is 24.3 Å². The lowest BCUT2D eigenvalue weighted by atomic mass is 10.2. The first-order valence-electron chi connectivity index (χ1n) is 6.22. The van der Waals surface area contributed by atoms with Gasteiger partial charge in [0, 0.05) is 13.1 Å². The van der Waals surface area contributed by atoms with E-state index in [2.05, 4.69) is 6.58 Å². The van der Waals surface area contributed by atoms with Crippen LogP contribution in [0.4, 0.5) is 0 Å². The maximum atomic E-state index is 12.5. The Labute approximate surface area is 120 Å². The molecule has 5 heteroatoms. The van der Waals surface area contributed by atoms with Crippen molar-refractivity contribution in [3.05, 3.63) is 54.6 Å². The molecular formula is C15H19NO3S. The van der Waals surface area contributed by atoms with Gasteiger partial charge in [0.15, 0.2) is 5.78 Å². The molecule has 0 amide bonds. The fourth-order valence-electron chi connectivity index (χ4n) is 1.61.